The van der Waals surface area contributed by atoms with Crippen LogP contribution in [0.15, 0.2) is 53.5 Å². The molecule has 4 rings (SSSR count). The summed E-state index contributed by atoms with van der Waals surface area (Å²) in [5.41, 5.74) is 12.4. The van der Waals surface area contributed by atoms with Crippen molar-refractivity contribution in [1.82, 2.24) is 20.5 Å². The Morgan fingerprint density at radius 3 is 2.60 bits per heavy atom. The van der Waals surface area contributed by atoms with E-state index in [0.29, 0.717) is 42.4 Å². The Balaban J connectivity index is 1.51. The maximum atomic E-state index is 13.6. The molecule has 0 saturated carbocycles. The molecule has 1 aliphatic heterocycles. The largest absolute Gasteiger partial charge is 0.478 e. The van der Waals surface area contributed by atoms with E-state index >= 15 is 0 Å². The molecule has 2 heterocycles. The highest BCUT2D eigenvalue weighted by Crippen LogP contribution is 2.26. The summed E-state index contributed by atoms with van der Waals surface area (Å²) in [6.45, 7) is 0.706. The minimum Gasteiger partial charge on any atom is -0.478 e. The van der Waals surface area contributed by atoms with Gasteiger partial charge in [-0.25, -0.2) is 9.78 Å². The van der Waals surface area contributed by atoms with Crippen LogP contribution in [0.3, 0.4) is 0 Å². The zero-order valence-electron chi connectivity index (χ0n) is 23.3. The quantitative estimate of drug-likeness (QED) is 0.0846. The van der Waals surface area contributed by atoms with Gasteiger partial charge in [-0.2, -0.15) is 0 Å². The number of carbonyl (C=O) groups excluding carboxylic acids is 3. The van der Waals surface area contributed by atoms with Crippen molar-refractivity contribution < 1.29 is 24.3 Å². The van der Waals surface area contributed by atoms with Crippen molar-refractivity contribution in [1.29, 1.82) is 0 Å². The predicted molar refractivity (Wildman–Crippen MR) is 160 cm³/mol. The first-order valence-electron chi connectivity index (χ1n) is 13.7. The molecular weight excluding hydrogens is 558 g/mol. The number of hydrogen-bond donors (Lipinski definition) is 5. The van der Waals surface area contributed by atoms with Crippen LogP contribution in [0, 0.1) is 0 Å². The zero-order chi connectivity index (χ0) is 30.2. The maximum Gasteiger partial charge on any atom is 0.335 e. The van der Waals surface area contributed by atoms with Crippen LogP contribution in [-0.2, 0) is 16.0 Å². The molecule has 0 spiro atoms. The number of nitrogens with zero attached hydrogens (tertiary/aromatic N) is 3. The van der Waals surface area contributed by atoms with Crippen molar-refractivity contribution in [2.45, 2.75) is 50.2 Å². The number of fused-ring (bicyclic) bond motifs is 1. The standard InChI is InChI=1S/C29H35N7O5S/c1-32-21(15-17-7-3-2-4-8-17)27(39)36-14-6-10-22(36)25(38)34-20(9-5-13-33-29(30)31)24(37)26-35-19-12-11-18(28(40)41)16-23(19)42-26/h2-4,7-8,11-12,16,20-22,32H,5-6,9-10,13-15H2,1H3,(H,34,38)(H,40,41)(H4,30,31,33)/t20?,21-,22+/m1/s1. The van der Waals surface area contributed by atoms with Gasteiger partial charge in [-0.05, 0) is 62.9 Å². The number of aromatic carboxylic acids is 1. The van der Waals surface area contributed by atoms with Gasteiger partial charge >= 0.3 is 5.97 Å². The number of amides is 2. The number of rotatable bonds is 13. The molecule has 1 fully saturated rings. The first-order chi connectivity index (χ1) is 20.2. The number of likely N-dealkylation sites (tertiary alicyclic amines) is 1. The Hall–Kier alpha value is -4.36. The zero-order valence-corrected chi connectivity index (χ0v) is 24.1. The fourth-order valence-electron chi connectivity index (χ4n) is 5.02. The van der Waals surface area contributed by atoms with Gasteiger partial charge in [-0.3, -0.25) is 19.4 Å². The second-order valence-electron chi connectivity index (χ2n) is 10.1. The minimum absolute atomic E-state index is 0.0722. The third kappa shape index (κ3) is 7.47. The Labute approximate surface area is 247 Å². The lowest BCUT2D eigenvalue weighted by molar-refractivity contribution is -0.140. The highest BCUT2D eigenvalue weighted by atomic mass is 32.1. The number of carboxylic acid groups (broad SMARTS) is 1. The van der Waals surface area contributed by atoms with Crippen LogP contribution in [-0.4, -0.2) is 82.8 Å². The van der Waals surface area contributed by atoms with Gasteiger partial charge in [-0.1, -0.05) is 30.3 Å². The monoisotopic (exact) mass is 593 g/mol. The van der Waals surface area contributed by atoms with Crippen LogP contribution in [0.2, 0.25) is 0 Å². The molecule has 1 unspecified atom stereocenters. The molecule has 0 aliphatic carbocycles. The average molecular weight is 594 g/mol. The van der Waals surface area contributed by atoms with E-state index in [2.05, 4.69) is 20.6 Å². The molecule has 7 N–H and O–H groups in total. The highest BCUT2D eigenvalue weighted by Gasteiger charge is 2.38. The number of nitrogens with two attached hydrogens (primary N) is 2. The number of aliphatic imine (C=N–C) groups is 1. The Morgan fingerprint density at radius 2 is 1.90 bits per heavy atom. The van der Waals surface area contributed by atoms with Crippen molar-refractivity contribution >= 4 is 51.1 Å². The number of Topliss-reactive ketones (excluding diaryl/α,β-unsaturated/α-hetero) is 1. The predicted octanol–water partition coefficient (Wildman–Crippen LogP) is 1.54. The SMILES string of the molecule is CN[C@H](Cc1ccccc1)C(=O)N1CCC[C@H]1C(=O)NC(CCCN=C(N)N)C(=O)c1nc2ccc(C(=O)O)cc2s1. The molecule has 2 amide bonds. The Morgan fingerprint density at radius 1 is 1.14 bits per heavy atom. The fraction of sp³-hybridized carbons (Fsp3) is 0.379. The molecule has 0 radical (unpaired) electrons. The van der Waals surface area contributed by atoms with Gasteiger partial charge < -0.3 is 32.1 Å². The van der Waals surface area contributed by atoms with Gasteiger partial charge in [-0.15, -0.1) is 11.3 Å². The van der Waals surface area contributed by atoms with Crippen LogP contribution in [0.25, 0.3) is 10.2 Å². The maximum absolute atomic E-state index is 13.6. The highest BCUT2D eigenvalue weighted by molar-refractivity contribution is 7.20. The summed E-state index contributed by atoms with van der Waals surface area (Å²) in [6.07, 6.45) is 2.28. The summed E-state index contributed by atoms with van der Waals surface area (Å²) in [5.74, 6) is -2.14. The van der Waals surface area contributed by atoms with Crippen molar-refractivity contribution in [2.75, 3.05) is 20.1 Å². The number of benzene rings is 2. The number of aromatic nitrogens is 1. The number of carboxylic acids is 1. The van der Waals surface area contributed by atoms with Crippen molar-refractivity contribution in [3.05, 3.63) is 64.7 Å². The molecular formula is C29H35N7O5S. The molecule has 222 valence electrons. The normalized spacial score (nSPS) is 16.1. The van der Waals surface area contributed by atoms with E-state index < -0.39 is 35.8 Å². The number of likely N-dealkylation sites (N-methyl/N-ethyl adjacent to an activating group) is 1. The first-order valence-corrected chi connectivity index (χ1v) is 14.5. The van der Waals surface area contributed by atoms with Gasteiger partial charge in [0.15, 0.2) is 11.0 Å². The van der Waals surface area contributed by atoms with Crippen LogP contribution >= 0.6 is 11.3 Å². The number of thiazole rings is 1. The molecule has 1 aromatic heterocycles. The van der Waals surface area contributed by atoms with E-state index in [4.69, 9.17) is 11.5 Å². The molecule has 1 aliphatic rings. The number of carbonyl (C=O) groups is 4. The minimum atomic E-state index is -1.08. The van der Waals surface area contributed by atoms with Gasteiger partial charge in [0.25, 0.3) is 0 Å². The molecule has 13 heteroatoms. The second-order valence-corrected chi connectivity index (χ2v) is 11.1. The number of hydrogen-bond acceptors (Lipinski definition) is 8. The van der Waals surface area contributed by atoms with E-state index in [1.54, 1.807) is 18.0 Å². The average Bonchev–Trinajstić information content (AvgIpc) is 3.64. The molecule has 12 nitrogen and oxygen atoms in total. The van der Waals surface area contributed by atoms with E-state index in [1.807, 2.05) is 30.3 Å². The van der Waals surface area contributed by atoms with Crippen molar-refractivity contribution in [3.63, 3.8) is 0 Å². The summed E-state index contributed by atoms with van der Waals surface area (Å²) in [6, 6.07) is 11.9. The Bertz CT molecular complexity index is 1470. The van der Waals surface area contributed by atoms with Crippen LogP contribution < -0.4 is 22.1 Å². The summed E-state index contributed by atoms with van der Waals surface area (Å²) in [5, 5.41) is 15.4. The second kappa shape index (κ2) is 14.0. The van der Waals surface area contributed by atoms with Crippen LogP contribution in [0.4, 0.5) is 0 Å². The summed E-state index contributed by atoms with van der Waals surface area (Å²) < 4.78 is 0.549. The topological polar surface area (TPSA) is 193 Å². The number of nitrogens with one attached hydrogen (secondary N) is 2. The molecule has 0 bridgehead atoms. The smallest absolute Gasteiger partial charge is 0.335 e. The molecule has 42 heavy (non-hydrogen) atoms. The molecule has 1 saturated heterocycles. The van der Waals surface area contributed by atoms with Crippen molar-refractivity contribution in [3.8, 4) is 0 Å². The van der Waals surface area contributed by atoms with E-state index in [9.17, 15) is 24.3 Å². The van der Waals surface area contributed by atoms with Crippen LogP contribution in [0.5, 0.6) is 0 Å². The van der Waals surface area contributed by atoms with E-state index in [1.165, 1.54) is 12.1 Å². The van der Waals surface area contributed by atoms with Crippen LogP contribution in [0.1, 0.15) is 51.4 Å². The van der Waals surface area contributed by atoms with Gasteiger partial charge in [0.2, 0.25) is 17.6 Å². The lowest BCUT2D eigenvalue weighted by Gasteiger charge is -2.29. The molecule has 3 atom stereocenters. The van der Waals surface area contributed by atoms with E-state index in [0.717, 1.165) is 16.9 Å². The van der Waals surface area contributed by atoms with Gasteiger partial charge in [0.1, 0.15) is 6.04 Å². The Kier molecular flexibility index (Phi) is 10.2. The first kappa shape index (κ1) is 30.6. The lowest BCUT2D eigenvalue weighted by Crippen LogP contribution is -2.54. The lowest BCUT2D eigenvalue weighted by atomic mass is 10.0. The summed E-state index contributed by atoms with van der Waals surface area (Å²) in [4.78, 5) is 62.0. The van der Waals surface area contributed by atoms with Crippen molar-refractivity contribution in [2.24, 2.45) is 16.5 Å². The van der Waals surface area contributed by atoms with E-state index in [-0.39, 0.29) is 35.4 Å². The summed E-state index contributed by atoms with van der Waals surface area (Å²) in [7, 11) is 1.72. The number of guanidine groups is 1. The van der Waals surface area contributed by atoms with Gasteiger partial charge in [0.05, 0.1) is 27.9 Å². The third-order valence-electron chi connectivity index (χ3n) is 7.19. The summed E-state index contributed by atoms with van der Waals surface area (Å²) >= 11 is 1.07. The van der Waals surface area contributed by atoms with Gasteiger partial charge in [0, 0.05) is 13.1 Å². The third-order valence-corrected chi connectivity index (χ3v) is 8.22. The fourth-order valence-corrected chi connectivity index (χ4v) is 6.02. The number of ketones is 1. The molecule has 3 aromatic rings. The molecule has 2 aromatic carbocycles.